The molecule has 0 radical (unpaired) electrons. The van der Waals surface area contributed by atoms with Crippen LogP contribution in [0.3, 0.4) is 0 Å². The molecule has 3 rings (SSSR count). The second-order valence-corrected chi connectivity index (χ2v) is 9.85. The zero-order valence-electron chi connectivity index (χ0n) is 15.9. The van der Waals surface area contributed by atoms with Crippen LogP contribution in [-0.2, 0) is 14.6 Å². The summed E-state index contributed by atoms with van der Waals surface area (Å²) in [5.41, 5.74) is 2.55. The first-order chi connectivity index (χ1) is 12.9. The highest BCUT2D eigenvalue weighted by atomic mass is 32.2. The molecule has 0 spiro atoms. The molecule has 0 aromatic heterocycles. The first-order valence-electron chi connectivity index (χ1n) is 9.56. The summed E-state index contributed by atoms with van der Waals surface area (Å²) in [6, 6.07) is 10.1. The number of carbonyl (C=O) groups excluding carboxylic acids is 1. The zero-order valence-corrected chi connectivity index (χ0v) is 16.7. The van der Waals surface area contributed by atoms with Crippen molar-refractivity contribution in [3.63, 3.8) is 0 Å². The summed E-state index contributed by atoms with van der Waals surface area (Å²) in [7, 11) is -2.96. The van der Waals surface area contributed by atoms with Gasteiger partial charge in [-0.1, -0.05) is 42.0 Å². The summed E-state index contributed by atoms with van der Waals surface area (Å²) in [5, 5.41) is 2.87. The van der Waals surface area contributed by atoms with E-state index in [2.05, 4.69) is 40.2 Å². The van der Waals surface area contributed by atoms with Gasteiger partial charge >= 0.3 is 0 Å². The summed E-state index contributed by atoms with van der Waals surface area (Å²) < 4.78 is 23.0. The fraction of sp³-hybridized carbons (Fsp3) is 0.550. The Balaban J connectivity index is 1.38. The van der Waals surface area contributed by atoms with E-state index in [1.807, 2.05) is 18.2 Å². The molecule has 27 heavy (non-hydrogen) atoms. The van der Waals surface area contributed by atoms with Crippen LogP contribution in [0.4, 0.5) is 0 Å². The van der Waals surface area contributed by atoms with Gasteiger partial charge in [-0.15, -0.1) is 0 Å². The SMILES string of the molecule is C/C(=C\c1ccccc1)CN1CCN(CC(=O)NC2CCS(=O)(=O)C2)CC1. The lowest BCUT2D eigenvalue weighted by Crippen LogP contribution is -2.50. The van der Waals surface area contributed by atoms with Gasteiger partial charge in [0.15, 0.2) is 9.84 Å². The van der Waals surface area contributed by atoms with Gasteiger partial charge in [-0.05, 0) is 18.9 Å². The molecule has 2 fully saturated rings. The minimum Gasteiger partial charge on any atom is -0.351 e. The molecule has 1 aromatic carbocycles. The standard InChI is InChI=1S/C20H29N3O3S/c1-17(13-18-5-3-2-4-6-18)14-22-8-10-23(11-9-22)15-20(24)21-19-7-12-27(25,26)16-19/h2-6,13,19H,7-12,14-16H2,1H3,(H,21,24)/b17-13+. The highest BCUT2D eigenvalue weighted by Crippen LogP contribution is 2.12. The molecule has 0 saturated carbocycles. The van der Waals surface area contributed by atoms with Crippen molar-refractivity contribution in [3.8, 4) is 0 Å². The molecule has 1 unspecified atom stereocenters. The maximum absolute atomic E-state index is 12.2. The van der Waals surface area contributed by atoms with Crippen molar-refractivity contribution >= 4 is 21.8 Å². The molecule has 7 heteroatoms. The van der Waals surface area contributed by atoms with Crippen molar-refractivity contribution in [2.45, 2.75) is 19.4 Å². The molecule has 1 atom stereocenters. The predicted octanol–water partition coefficient (Wildman–Crippen LogP) is 1.01. The normalized spacial score (nSPS) is 24.0. The smallest absolute Gasteiger partial charge is 0.234 e. The summed E-state index contributed by atoms with van der Waals surface area (Å²) in [6.45, 7) is 7.03. The van der Waals surface area contributed by atoms with Crippen molar-refractivity contribution in [2.75, 3.05) is 50.8 Å². The van der Waals surface area contributed by atoms with Crippen molar-refractivity contribution < 1.29 is 13.2 Å². The molecule has 1 amide bonds. The second kappa shape index (κ2) is 8.99. The molecule has 6 nitrogen and oxygen atoms in total. The van der Waals surface area contributed by atoms with E-state index in [9.17, 15) is 13.2 Å². The van der Waals surface area contributed by atoms with Crippen molar-refractivity contribution in [3.05, 3.63) is 41.5 Å². The number of nitrogens with one attached hydrogen (secondary N) is 1. The van der Waals surface area contributed by atoms with E-state index in [0.717, 1.165) is 32.7 Å². The molecule has 2 saturated heterocycles. The zero-order chi connectivity index (χ0) is 19.3. The summed E-state index contributed by atoms with van der Waals surface area (Å²) in [5.74, 6) is 0.206. The van der Waals surface area contributed by atoms with Gasteiger partial charge in [-0.25, -0.2) is 8.42 Å². The number of amides is 1. The van der Waals surface area contributed by atoms with E-state index in [1.54, 1.807) is 0 Å². The number of benzene rings is 1. The molecule has 1 N–H and O–H groups in total. The minimum absolute atomic E-state index is 0.0642. The highest BCUT2D eigenvalue weighted by Gasteiger charge is 2.29. The molecular formula is C20H29N3O3S. The van der Waals surface area contributed by atoms with Gasteiger partial charge in [0, 0.05) is 38.8 Å². The Kier molecular flexibility index (Phi) is 6.68. The van der Waals surface area contributed by atoms with Gasteiger partial charge in [0.05, 0.1) is 18.1 Å². The Morgan fingerprint density at radius 3 is 2.33 bits per heavy atom. The minimum atomic E-state index is -2.96. The first kappa shape index (κ1) is 20.0. The van der Waals surface area contributed by atoms with E-state index in [1.165, 1.54) is 11.1 Å². The van der Waals surface area contributed by atoms with Crippen LogP contribution in [0, 0.1) is 0 Å². The average Bonchev–Trinajstić information content (AvgIpc) is 2.96. The number of hydrogen-bond donors (Lipinski definition) is 1. The molecule has 0 bridgehead atoms. The summed E-state index contributed by atoms with van der Waals surface area (Å²) in [6.07, 6.45) is 2.75. The van der Waals surface area contributed by atoms with Gasteiger partial charge < -0.3 is 5.32 Å². The van der Waals surface area contributed by atoms with Gasteiger partial charge in [-0.3, -0.25) is 14.6 Å². The Labute approximate surface area is 162 Å². The fourth-order valence-corrected chi connectivity index (χ4v) is 5.40. The number of rotatable bonds is 6. The molecular weight excluding hydrogens is 362 g/mol. The summed E-state index contributed by atoms with van der Waals surface area (Å²) in [4.78, 5) is 16.7. The van der Waals surface area contributed by atoms with Crippen LogP contribution in [-0.4, -0.2) is 80.9 Å². The van der Waals surface area contributed by atoms with E-state index >= 15 is 0 Å². The Hall–Kier alpha value is -1.70. The van der Waals surface area contributed by atoms with Crippen LogP contribution in [0.2, 0.25) is 0 Å². The number of hydrogen-bond acceptors (Lipinski definition) is 5. The van der Waals surface area contributed by atoms with Gasteiger partial charge in [0.1, 0.15) is 0 Å². The lowest BCUT2D eigenvalue weighted by atomic mass is 10.1. The molecule has 1 aromatic rings. The number of sulfone groups is 1. The summed E-state index contributed by atoms with van der Waals surface area (Å²) >= 11 is 0. The maximum Gasteiger partial charge on any atom is 0.234 e. The Morgan fingerprint density at radius 2 is 1.74 bits per heavy atom. The average molecular weight is 392 g/mol. The second-order valence-electron chi connectivity index (χ2n) is 7.62. The Bertz CT molecular complexity index is 769. The molecule has 2 heterocycles. The third-order valence-electron chi connectivity index (χ3n) is 5.12. The predicted molar refractivity (Wildman–Crippen MR) is 108 cm³/mol. The number of carbonyl (C=O) groups is 1. The van der Waals surface area contributed by atoms with Gasteiger partial charge in [0.2, 0.25) is 5.91 Å². The van der Waals surface area contributed by atoms with Crippen LogP contribution in [0.5, 0.6) is 0 Å². The van der Waals surface area contributed by atoms with Crippen molar-refractivity contribution in [1.82, 2.24) is 15.1 Å². The third-order valence-corrected chi connectivity index (χ3v) is 6.88. The van der Waals surface area contributed by atoms with Crippen molar-refractivity contribution in [1.29, 1.82) is 0 Å². The van der Waals surface area contributed by atoms with E-state index in [4.69, 9.17) is 0 Å². The van der Waals surface area contributed by atoms with E-state index < -0.39 is 9.84 Å². The van der Waals surface area contributed by atoms with E-state index in [0.29, 0.717) is 13.0 Å². The quantitative estimate of drug-likeness (QED) is 0.784. The topological polar surface area (TPSA) is 69.7 Å². The fourth-order valence-electron chi connectivity index (χ4n) is 3.72. The highest BCUT2D eigenvalue weighted by molar-refractivity contribution is 7.91. The molecule has 148 valence electrons. The maximum atomic E-state index is 12.2. The van der Waals surface area contributed by atoms with Crippen LogP contribution in [0.15, 0.2) is 35.9 Å². The van der Waals surface area contributed by atoms with Crippen molar-refractivity contribution in [2.24, 2.45) is 0 Å². The molecule has 0 aliphatic carbocycles. The monoisotopic (exact) mass is 391 g/mol. The Morgan fingerprint density at radius 1 is 1.11 bits per heavy atom. The van der Waals surface area contributed by atoms with E-state index in [-0.39, 0.29) is 23.5 Å². The van der Waals surface area contributed by atoms with Crippen LogP contribution in [0.1, 0.15) is 18.9 Å². The molecule has 2 aliphatic heterocycles. The lowest BCUT2D eigenvalue weighted by molar-refractivity contribution is -0.123. The lowest BCUT2D eigenvalue weighted by Gasteiger charge is -2.34. The third kappa shape index (κ3) is 6.45. The van der Waals surface area contributed by atoms with Crippen LogP contribution >= 0.6 is 0 Å². The van der Waals surface area contributed by atoms with Crippen LogP contribution in [0.25, 0.3) is 6.08 Å². The van der Waals surface area contributed by atoms with Gasteiger partial charge in [0.25, 0.3) is 0 Å². The molecule has 2 aliphatic rings. The largest absolute Gasteiger partial charge is 0.351 e. The first-order valence-corrected chi connectivity index (χ1v) is 11.4. The number of piperazine rings is 1. The van der Waals surface area contributed by atoms with Gasteiger partial charge in [-0.2, -0.15) is 0 Å². The number of nitrogens with zero attached hydrogens (tertiary/aromatic N) is 2. The van der Waals surface area contributed by atoms with Crippen LogP contribution < -0.4 is 5.32 Å².